The van der Waals surface area contributed by atoms with Crippen LogP contribution in [-0.4, -0.2) is 95.8 Å². The van der Waals surface area contributed by atoms with Crippen LogP contribution in [0.5, 0.6) is 0 Å². The van der Waals surface area contributed by atoms with E-state index >= 15 is 0 Å². The van der Waals surface area contributed by atoms with Crippen molar-refractivity contribution in [3.8, 4) is 0 Å². The van der Waals surface area contributed by atoms with Crippen LogP contribution < -0.4 is 0 Å². The zero-order chi connectivity index (χ0) is 46.2. The Kier molecular flexibility index (Phi) is 25.3. The Morgan fingerprint density at radius 1 is 0.769 bits per heavy atom. The van der Waals surface area contributed by atoms with Gasteiger partial charge in [-0.3, -0.25) is 4.90 Å². The number of allylic oxidation sites excluding steroid dienone is 3. The van der Waals surface area contributed by atoms with Gasteiger partial charge in [0, 0.05) is 32.7 Å². The molecule has 9 atom stereocenters. The molecule has 0 aromatic rings. The molecule has 0 aromatic heterocycles. The summed E-state index contributed by atoms with van der Waals surface area (Å²) in [4.78, 5) is 15.2. The van der Waals surface area contributed by atoms with Gasteiger partial charge in [-0.2, -0.15) is 0 Å². The zero-order valence-corrected chi connectivity index (χ0v) is 43.1. The minimum atomic E-state index is -0.565. The van der Waals surface area contributed by atoms with Gasteiger partial charge in [0.25, 0.3) is 0 Å². The molecule has 1 unspecified atom stereocenters. The average Bonchev–Trinajstić information content (AvgIpc) is 3.66. The van der Waals surface area contributed by atoms with Gasteiger partial charge < -0.3 is 28.4 Å². The molecule has 4 fully saturated rings. The fourth-order valence-electron chi connectivity index (χ4n) is 13.4. The van der Waals surface area contributed by atoms with E-state index in [1.54, 1.807) is 5.57 Å². The Morgan fingerprint density at radius 2 is 1.48 bits per heavy atom. The fraction of sp³-hybridized carbons (Fsp3) is 0.912. The lowest BCUT2D eigenvalue weighted by Crippen LogP contribution is -2.51. The fourth-order valence-corrected chi connectivity index (χ4v) is 13.4. The Balaban J connectivity index is 0.899. The quantitative estimate of drug-likeness (QED) is 0.0366. The highest BCUT2D eigenvalue weighted by Crippen LogP contribution is 2.67. The summed E-state index contributed by atoms with van der Waals surface area (Å²) in [5.41, 5.74) is 2.29. The Bertz CT molecular complexity index is 1350. The maximum absolute atomic E-state index is 12.8. The van der Waals surface area contributed by atoms with Gasteiger partial charge in [-0.05, 0) is 123 Å². The topological polar surface area (TPSA) is 75.7 Å². The van der Waals surface area contributed by atoms with Crippen molar-refractivity contribution in [1.29, 1.82) is 0 Å². The molecule has 0 aromatic carbocycles. The number of hydrogen-bond donors (Lipinski definition) is 0. The minimum absolute atomic E-state index is 0.00832. The molecule has 5 rings (SSSR count). The lowest BCUT2D eigenvalue weighted by molar-refractivity contribution is -0.0679. The molecule has 1 aliphatic heterocycles. The number of ether oxygens (including phenoxy) is 6. The van der Waals surface area contributed by atoms with Crippen molar-refractivity contribution in [1.82, 2.24) is 4.90 Å². The van der Waals surface area contributed by atoms with Gasteiger partial charge >= 0.3 is 6.16 Å². The third-order valence-corrected chi connectivity index (χ3v) is 17.2. The van der Waals surface area contributed by atoms with E-state index < -0.39 is 6.16 Å². The molecule has 1 saturated heterocycles. The first kappa shape index (κ1) is 54.5. The number of carbonyl (C=O) groups is 1. The molecule has 5 aliphatic rings. The standard InChI is InChI=1S/C57H101NO7/c1-7-8-9-10-11-12-13-14-15-16-17-18-19-20-21-22-36-62-45-50(44-58-34-37-60-38-35-58)63-41-39-61-40-42-64-55(59)65-49-30-32-56(5)48(43-49)26-27-51-53-29-28-52(47(4)25-23-24-46(2)3)57(53,6)33-31-54(51)56/h14-15,26,46-47,49-54H,7-13,16-25,27-45H2,1-6H3/b15-14-/t47-,49+,50?,51+,52-,53+,54+,56+,57-/m1/s1. The molecule has 8 heteroatoms. The highest BCUT2D eigenvalue weighted by molar-refractivity contribution is 5.60. The molecule has 65 heavy (non-hydrogen) atoms. The second kappa shape index (κ2) is 30.2. The third-order valence-electron chi connectivity index (χ3n) is 17.2. The van der Waals surface area contributed by atoms with Gasteiger partial charge in [0.15, 0.2) is 0 Å². The SMILES string of the molecule is CCCCCCCC/C=C\CCCCCCCCOCC(CN1CCOCC1)OCCOCCOC(=O)O[C@H]1CC[C@@]2(C)C(=CC[C@H]3[C@@H]4CC[C@H]([C@H](C)CCCC(C)C)[C@@]4(C)CC[C@@H]32)C1. The average molecular weight is 912 g/mol. The van der Waals surface area contributed by atoms with Crippen molar-refractivity contribution in [2.75, 3.05) is 72.5 Å². The molecule has 1 heterocycles. The van der Waals surface area contributed by atoms with Crippen molar-refractivity contribution in [2.45, 2.75) is 214 Å². The molecule has 3 saturated carbocycles. The van der Waals surface area contributed by atoms with Gasteiger partial charge in [0.2, 0.25) is 0 Å². The summed E-state index contributed by atoms with van der Waals surface area (Å²) >= 11 is 0. The van der Waals surface area contributed by atoms with E-state index in [9.17, 15) is 4.79 Å². The molecule has 0 radical (unpaired) electrons. The van der Waals surface area contributed by atoms with Crippen molar-refractivity contribution >= 4 is 6.16 Å². The van der Waals surface area contributed by atoms with Gasteiger partial charge in [-0.1, -0.05) is 142 Å². The van der Waals surface area contributed by atoms with Crippen LogP contribution in [0, 0.1) is 46.3 Å². The van der Waals surface area contributed by atoms with E-state index in [0.717, 1.165) is 101 Å². The van der Waals surface area contributed by atoms with Crippen LogP contribution in [-0.2, 0) is 28.4 Å². The molecular formula is C57H101NO7. The van der Waals surface area contributed by atoms with Gasteiger partial charge in [0.1, 0.15) is 12.7 Å². The summed E-state index contributed by atoms with van der Waals surface area (Å²) in [6, 6.07) is 0. The predicted molar refractivity (Wildman–Crippen MR) is 267 cm³/mol. The molecule has 0 spiro atoms. The second-order valence-electron chi connectivity index (χ2n) is 22.4. The van der Waals surface area contributed by atoms with E-state index in [1.807, 2.05) is 0 Å². The van der Waals surface area contributed by atoms with Crippen molar-refractivity contribution < 1.29 is 33.2 Å². The van der Waals surface area contributed by atoms with E-state index in [0.29, 0.717) is 31.8 Å². The molecule has 8 nitrogen and oxygen atoms in total. The first-order chi connectivity index (χ1) is 31.6. The Morgan fingerprint density at radius 3 is 2.22 bits per heavy atom. The monoisotopic (exact) mass is 912 g/mol. The van der Waals surface area contributed by atoms with Crippen LogP contribution >= 0.6 is 0 Å². The molecule has 0 amide bonds. The van der Waals surface area contributed by atoms with Gasteiger partial charge in [-0.25, -0.2) is 4.79 Å². The van der Waals surface area contributed by atoms with Crippen LogP contribution in [0.25, 0.3) is 0 Å². The smallest absolute Gasteiger partial charge is 0.432 e. The third kappa shape index (κ3) is 18.1. The summed E-state index contributed by atoms with van der Waals surface area (Å²) in [6.45, 7) is 21.9. The summed E-state index contributed by atoms with van der Waals surface area (Å²) in [5.74, 6) is 4.97. The molecule has 4 aliphatic carbocycles. The maximum atomic E-state index is 12.8. The zero-order valence-electron chi connectivity index (χ0n) is 43.1. The highest BCUT2D eigenvalue weighted by atomic mass is 16.7. The first-order valence-corrected chi connectivity index (χ1v) is 27.9. The van der Waals surface area contributed by atoms with Crippen molar-refractivity contribution in [3.63, 3.8) is 0 Å². The molecule has 0 N–H and O–H groups in total. The number of unbranched alkanes of at least 4 members (excludes halogenated alkanes) is 12. The molecule has 376 valence electrons. The summed E-state index contributed by atoms with van der Waals surface area (Å²) < 4.78 is 35.2. The second-order valence-corrected chi connectivity index (χ2v) is 22.4. The van der Waals surface area contributed by atoms with Crippen molar-refractivity contribution in [3.05, 3.63) is 23.8 Å². The number of rotatable bonds is 33. The van der Waals surface area contributed by atoms with Crippen LogP contribution in [0.3, 0.4) is 0 Å². The molecular weight excluding hydrogens is 811 g/mol. The lowest BCUT2D eigenvalue weighted by atomic mass is 9.47. The van der Waals surface area contributed by atoms with E-state index in [1.165, 1.54) is 135 Å². The predicted octanol–water partition coefficient (Wildman–Crippen LogP) is 14.3. The van der Waals surface area contributed by atoms with E-state index in [4.69, 9.17) is 28.4 Å². The highest BCUT2D eigenvalue weighted by Gasteiger charge is 2.59. The number of fused-ring (bicyclic) bond motifs is 5. The van der Waals surface area contributed by atoms with Crippen LogP contribution in [0.4, 0.5) is 4.79 Å². The normalized spacial score (nSPS) is 29.0. The Labute approximate surface area is 399 Å². The van der Waals surface area contributed by atoms with Gasteiger partial charge in [0.05, 0.1) is 45.7 Å². The molecule has 0 bridgehead atoms. The summed E-state index contributed by atoms with van der Waals surface area (Å²) in [5, 5.41) is 0. The summed E-state index contributed by atoms with van der Waals surface area (Å²) in [6.07, 6.45) is 38.9. The number of hydrogen-bond acceptors (Lipinski definition) is 8. The largest absolute Gasteiger partial charge is 0.508 e. The van der Waals surface area contributed by atoms with Crippen LogP contribution in [0.15, 0.2) is 23.8 Å². The number of morpholine rings is 1. The number of nitrogens with zero attached hydrogens (tertiary/aromatic N) is 1. The van der Waals surface area contributed by atoms with E-state index in [2.05, 4.69) is 64.7 Å². The minimum Gasteiger partial charge on any atom is -0.432 e. The van der Waals surface area contributed by atoms with Crippen LogP contribution in [0.2, 0.25) is 0 Å². The van der Waals surface area contributed by atoms with Crippen molar-refractivity contribution in [2.24, 2.45) is 46.3 Å². The first-order valence-electron chi connectivity index (χ1n) is 27.9. The maximum Gasteiger partial charge on any atom is 0.508 e. The summed E-state index contributed by atoms with van der Waals surface area (Å²) in [7, 11) is 0. The Hall–Kier alpha value is -1.45. The number of carbonyl (C=O) groups excluding carboxylic acids is 1. The van der Waals surface area contributed by atoms with E-state index in [-0.39, 0.29) is 24.2 Å². The van der Waals surface area contributed by atoms with Crippen LogP contribution in [0.1, 0.15) is 202 Å². The lowest BCUT2D eigenvalue weighted by Gasteiger charge is -2.58. The van der Waals surface area contributed by atoms with Gasteiger partial charge in [-0.15, -0.1) is 0 Å².